The summed E-state index contributed by atoms with van der Waals surface area (Å²) in [7, 11) is 0. The van der Waals surface area contributed by atoms with E-state index in [-0.39, 0.29) is 12.3 Å². The Balaban J connectivity index is 2.04. The summed E-state index contributed by atoms with van der Waals surface area (Å²) in [5, 5.41) is 10.3. The highest BCUT2D eigenvalue weighted by Crippen LogP contribution is 2.25. The van der Waals surface area contributed by atoms with E-state index < -0.39 is 5.60 Å². The van der Waals surface area contributed by atoms with Crippen molar-refractivity contribution in [2.45, 2.75) is 31.8 Å². The van der Waals surface area contributed by atoms with E-state index in [1.54, 1.807) is 31.5 Å². The van der Waals surface area contributed by atoms with Gasteiger partial charge >= 0.3 is 0 Å². The van der Waals surface area contributed by atoms with Crippen LogP contribution in [0.3, 0.4) is 0 Å². The van der Waals surface area contributed by atoms with Crippen LogP contribution in [0, 0.1) is 0 Å². The Morgan fingerprint density at radius 2 is 2.00 bits per heavy atom. The normalized spacial score (nSPS) is 19.1. The highest BCUT2D eigenvalue weighted by molar-refractivity contribution is 5.77. The summed E-state index contributed by atoms with van der Waals surface area (Å²) in [5.41, 5.74) is -0.372. The molecule has 92 valence electrons. The molecule has 17 heavy (non-hydrogen) atoms. The molecule has 1 N–H and O–H groups in total. The van der Waals surface area contributed by atoms with Crippen LogP contribution in [-0.2, 0) is 10.4 Å². The van der Waals surface area contributed by atoms with Crippen molar-refractivity contribution >= 4 is 5.91 Å². The average molecular weight is 234 g/mol. The largest absolute Gasteiger partial charge is 0.385 e. The van der Waals surface area contributed by atoms with Gasteiger partial charge in [-0.25, -0.2) is 0 Å². The number of carbonyl (C=O) groups excluding carboxylic acids is 1. The summed E-state index contributed by atoms with van der Waals surface area (Å²) in [6.45, 7) is 3.33. The maximum absolute atomic E-state index is 12.0. The number of likely N-dealkylation sites (tertiary alicyclic amines) is 1. The summed E-state index contributed by atoms with van der Waals surface area (Å²) in [6, 6.07) is 3.49. The SMILES string of the molecule is C[C@](O)(CC(=O)N1CCCC1)c1ccncc1. The lowest BCUT2D eigenvalue weighted by molar-refractivity contribution is -0.135. The van der Waals surface area contributed by atoms with Crippen LogP contribution >= 0.6 is 0 Å². The van der Waals surface area contributed by atoms with Crippen molar-refractivity contribution < 1.29 is 9.90 Å². The Morgan fingerprint density at radius 3 is 2.59 bits per heavy atom. The lowest BCUT2D eigenvalue weighted by atomic mass is 9.93. The molecule has 2 heterocycles. The number of hydrogen-bond acceptors (Lipinski definition) is 3. The molecule has 2 rings (SSSR count). The van der Waals surface area contributed by atoms with E-state index in [9.17, 15) is 9.90 Å². The van der Waals surface area contributed by atoms with Crippen LogP contribution in [0.15, 0.2) is 24.5 Å². The summed E-state index contributed by atoms with van der Waals surface area (Å²) >= 11 is 0. The lowest BCUT2D eigenvalue weighted by Crippen LogP contribution is -2.34. The van der Waals surface area contributed by atoms with Gasteiger partial charge in [0, 0.05) is 25.5 Å². The average Bonchev–Trinajstić information content (AvgIpc) is 2.83. The van der Waals surface area contributed by atoms with Gasteiger partial charge in [0.15, 0.2) is 0 Å². The highest BCUT2D eigenvalue weighted by Gasteiger charge is 2.29. The van der Waals surface area contributed by atoms with E-state index in [0.717, 1.165) is 31.5 Å². The Kier molecular flexibility index (Phi) is 3.43. The van der Waals surface area contributed by atoms with E-state index in [4.69, 9.17) is 0 Å². The van der Waals surface area contributed by atoms with Gasteiger partial charge in [0.1, 0.15) is 0 Å². The molecule has 4 heteroatoms. The Hall–Kier alpha value is -1.42. The highest BCUT2D eigenvalue weighted by atomic mass is 16.3. The zero-order chi connectivity index (χ0) is 12.3. The van der Waals surface area contributed by atoms with E-state index in [1.165, 1.54) is 0 Å². The molecular weight excluding hydrogens is 216 g/mol. The minimum atomic E-state index is -1.11. The molecule has 0 aromatic carbocycles. The smallest absolute Gasteiger partial charge is 0.225 e. The fourth-order valence-electron chi connectivity index (χ4n) is 2.19. The monoisotopic (exact) mass is 234 g/mol. The standard InChI is InChI=1S/C13H18N2O2/c1-13(17,11-4-6-14-7-5-11)10-12(16)15-8-2-3-9-15/h4-7,17H,2-3,8-10H2,1H3/t13-/m0/s1. The molecule has 4 nitrogen and oxygen atoms in total. The van der Waals surface area contributed by atoms with Gasteiger partial charge < -0.3 is 10.0 Å². The molecule has 1 atom stereocenters. The Bertz CT molecular complexity index is 384. The van der Waals surface area contributed by atoms with Crippen LogP contribution in [0.1, 0.15) is 31.7 Å². The lowest BCUT2D eigenvalue weighted by Gasteiger charge is -2.26. The first-order chi connectivity index (χ1) is 8.09. The number of aromatic nitrogens is 1. The molecule has 1 aromatic heterocycles. The molecule has 1 aromatic rings. The van der Waals surface area contributed by atoms with Crippen molar-refractivity contribution in [3.63, 3.8) is 0 Å². The van der Waals surface area contributed by atoms with Crippen molar-refractivity contribution in [3.05, 3.63) is 30.1 Å². The number of amides is 1. The molecule has 0 saturated carbocycles. The second-order valence-corrected chi connectivity index (χ2v) is 4.77. The van der Waals surface area contributed by atoms with Gasteiger partial charge in [-0.2, -0.15) is 0 Å². The van der Waals surface area contributed by atoms with E-state index in [0.29, 0.717) is 0 Å². The number of nitrogens with zero attached hydrogens (tertiary/aromatic N) is 2. The van der Waals surface area contributed by atoms with Crippen molar-refractivity contribution in [2.24, 2.45) is 0 Å². The minimum absolute atomic E-state index is 0.0318. The van der Waals surface area contributed by atoms with Gasteiger partial charge in [0.25, 0.3) is 0 Å². The molecule has 0 bridgehead atoms. The first kappa shape index (κ1) is 12.0. The van der Waals surface area contributed by atoms with E-state index in [2.05, 4.69) is 4.98 Å². The van der Waals surface area contributed by atoms with Gasteiger partial charge in [-0.1, -0.05) is 0 Å². The molecule has 0 spiro atoms. The number of pyridine rings is 1. The van der Waals surface area contributed by atoms with Crippen molar-refractivity contribution in [3.8, 4) is 0 Å². The number of hydrogen-bond donors (Lipinski definition) is 1. The first-order valence-corrected chi connectivity index (χ1v) is 6.00. The fourth-order valence-corrected chi connectivity index (χ4v) is 2.19. The summed E-state index contributed by atoms with van der Waals surface area (Å²) in [6.07, 6.45) is 5.54. The fraction of sp³-hybridized carbons (Fsp3) is 0.538. The van der Waals surface area contributed by atoms with Gasteiger partial charge in [0.2, 0.25) is 5.91 Å². The predicted molar refractivity (Wildman–Crippen MR) is 64.2 cm³/mol. The molecule has 1 fully saturated rings. The van der Waals surface area contributed by atoms with E-state index in [1.807, 2.05) is 4.90 Å². The second kappa shape index (κ2) is 4.84. The minimum Gasteiger partial charge on any atom is -0.385 e. The maximum atomic E-state index is 12.0. The van der Waals surface area contributed by atoms with Gasteiger partial charge in [-0.05, 0) is 37.5 Å². The second-order valence-electron chi connectivity index (χ2n) is 4.77. The molecule has 0 unspecified atom stereocenters. The van der Waals surface area contributed by atoms with Crippen molar-refractivity contribution in [1.82, 2.24) is 9.88 Å². The van der Waals surface area contributed by atoms with Crippen LogP contribution in [0.4, 0.5) is 0 Å². The quantitative estimate of drug-likeness (QED) is 0.857. The van der Waals surface area contributed by atoms with Crippen molar-refractivity contribution in [1.29, 1.82) is 0 Å². The zero-order valence-electron chi connectivity index (χ0n) is 10.1. The van der Waals surface area contributed by atoms with Gasteiger partial charge in [-0.15, -0.1) is 0 Å². The third-order valence-corrected chi connectivity index (χ3v) is 3.26. The third kappa shape index (κ3) is 2.82. The third-order valence-electron chi connectivity index (χ3n) is 3.26. The van der Waals surface area contributed by atoms with Crippen LogP contribution in [-0.4, -0.2) is 34.0 Å². The molecule has 0 radical (unpaired) electrons. The van der Waals surface area contributed by atoms with Crippen molar-refractivity contribution in [2.75, 3.05) is 13.1 Å². The summed E-state index contributed by atoms with van der Waals surface area (Å²) < 4.78 is 0. The molecule has 1 saturated heterocycles. The molecule has 0 aliphatic carbocycles. The summed E-state index contributed by atoms with van der Waals surface area (Å²) in [5.74, 6) is 0.0318. The molecular formula is C13H18N2O2. The van der Waals surface area contributed by atoms with Crippen LogP contribution in [0.2, 0.25) is 0 Å². The zero-order valence-corrected chi connectivity index (χ0v) is 10.1. The molecule has 1 amide bonds. The predicted octanol–water partition coefficient (Wildman–Crippen LogP) is 1.30. The Labute approximate surface area is 101 Å². The van der Waals surface area contributed by atoms with Crippen LogP contribution < -0.4 is 0 Å². The van der Waals surface area contributed by atoms with Crippen LogP contribution in [0.25, 0.3) is 0 Å². The molecule has 1 aliphatic rings. The Morgan fingerprint density at radius 1 is 1.41 bits per heavy atom. The number of aliphatic hydroxyl groups is 1. The van der Waals surface area contributed by atoms with Gasteiger partial charge in [-0.3, -0.25) is 9.78 Å². The number of rotatable bonds is 3. The first-order valence-electron chi connectivity index (χ1n) is 6.00. The van der Waals surface area contributed by atoms with E-state index >= 15 is 0 Å². The summed E-state index contributed by atoms with van der Waals surface area (Å²) in [4.78, 5) is 17.7. The van der Waals surface area contributed by atoms with Crippen LogP contribution in [0.5, 0.6) is 0 Å². The number of carbonyl (C=O) groups is 1. The maximum Gasteiger partial charge on any atom is 0.225 e. The topological polar surface area (TPSA) is 53.4 Å². The van der Waals surface area contributed by atoms with Gasteiger partial charge in [0.05, 0.1) is 12.0 Å². The molecule has 1 aliphatic heterocycles.